The molecule has 0 bridgehead atoms. The van der Waals surface area contributed by atoms with Crippen LogP contribution in [0, 0.1) is 11.3 Å². The van der Waals surface area contributed by atoms with E-state index < -0.39 is 5.97 Å². The zero-order chi connectivity index (χ0) is 19.1. The molecule has 0 fully saturated rings. The number of aromatic carboxylic acids is 1. The summed E-state index contributed by atoms with van der Waals surface area (Å²) in [4.78, 5) is 15.3. The Morgan fingerprint density at radius 2 is 1.96 bits per heavy atom. The molecule has 2 aromatic carbocycles. The van der Waals surface area contributed by atoms with Gasteiger partial charge in [0.2, 0.25) is 0 Å². The molecule has 27 heavy (non-hydrogen) atoms. The number of nitriles is 1. The number of rotatable bonds is 6. The van der Waals surface area contributed by atoms with Crippen molar-refractivity contribution >= 4 is 12.0 Å². The van der Waals surface area contributed by atoms with E-state index in [9.17, 15) is 10.1 Å². The average molecular weight is 356 g/mol. The predicted octanol–water partition coefficient (Wildman–Crippen LogP) is 4.41. The van der Waals surface area contributed by atoms with Crippen LogP contribution in [-0.2, 0) is 0 Å². The molecule has 132 valence electrons. The fraction of sp³-hybridized carbons (Fsp3) is 0.0455. The van der Waals surface area contributed by atoms with Gasteiger partial charge in [-0.25, -0.2) is 4.79 Å². The van der Waals surface area contributed by atoms with Gasteiger partial charge in [-0.3, -0.25) is 4.98 Å². The number of carbonyl (C=O) groups is 1. The maximum absolute atomic E-state index is 11.1. The van der Waals surface area contributed by atoms with Gasteiger partial charge in [0.15, 0.2) is 0 Å². The Balaban J connectivity index is 1.75. The molecule has 5 heteroatoms. The molecule has 0 saturated heterocycles. The first-order valence-corrected chi connectivity index (χ1v) is 8.25. The van der Waals surface area contributed by atoms with Gasteiger partial charge in [-0.2, -0.15) is 5.26 Å². The monoisotopic (exact) mass is 356 g/mol. The number of benzene rings is 2. The lowest BCUT2D eigenvalue weighted by Crippen LogP contribution is -1.98. The van der Waals surface area contributed by atoms with Crippen LogP contribution in [0.1, 0.15) is 21.5 Å². The molecule has 0 radical (unpaired) electrons. The van der Waals surface area contributed by atoms with E-state index in [1.165, 1.54) is 18.3 Å². The Kier molecular flexibility index (Phi) is 5.60. The lowest BCUT2D eigenvalue weighted by Gasteiger charge is -2.08. The van der Waals surface area contributed by atoms with E-state index in [2.05, 4.69) is 11.1 Å². The summed E-state index contributed by atoms with van der Waals surface area (Å²) in [5, 5.41) is 18.5. The van der Waals surface area contributed by atoms with E-state index in [-0.39, 0.29) is 5.56 Å². The van der Waals surface area contributed by atoms with Crippen molar-refractivity contribution < 1.29 is 14.6 Å². The molecular formula is C22H16N2O3. The molecular weight excluding hydrogens is 340 g/mol. The van der Waals surface area contributed by atoms with Crippen LogP contribution in [0.3, 0.4) is 0 Å². The number of pyridine rings is 1. The first kappa shape index (κ1) is 17.9. The first-order valence-electron chi connectivity index (χ1n) is 8.25. The summed E-state index contributed by atoms with van der Waals surface area (Å²) in [6.07, 6.45) is 5.26. The fourth-order valence-corrected chi connectivity index (χ4v) is 2.51. The molecule has 0 spiro atoms. The summed E-state index contributed by atoms with van der Waals surface area (Å²) in [6.45, 7) is 0.329. The van der Waals surface area contributed by atoms with Crippen LogP contribution >= 0.6 is 0 Å². The molecule has 0 saturated carbocycles. The quantitative estimate of drug-likeness (QED) is 0.707. The molecule has 3 rings (SSSR count). The van der Waals surface area contributed by atoms with Crippen molar-refractivity contribution in [1.82, 2.24) is 4.98 Å². The lowest BCUT2D eigenvalue weighted by molar-refractivity contribution is 0.0697. The Morgan fingerprint density at radius 1 is 1.15 bits per heavy atom. The van der Waals surface area contributed by atoms with Crippen LogP contribution in [0.25, 0.3) is 17.3 Å². The molecule has 1 N–H and O–H groups in total. The molecule has 0 atom stereocenters. The highest BCUT2D eigenvalue weighted by Gasteiger charge is 2.09. The Hall–Kier alpha value is -3.91. The number of aromatic nitrogens is 1. The summed E-state index contributed by atoms with van der Waals surface area (Å²) in [6, 6.07) is 20.0. The van der Waals surface area contributed by atoms with Gasteiger partial charge in [0.1, 0.15) is 18.4 Å². The summed E-state index contributed by atoms with van der Waals surface area (Å²) in [5.74, 6) is -0.558. The zero-order valence-corrected chi connectivity index (χ0v) is 14.4. The lowest BCUT2D eigenvalue weighted by atomic mass is 10.1. The highest BCUT2D eigenvalue weighted by molar-refractivity contribution is 5.88. The van der Waals surface area contributed by atoms with E-state index in [4.69, 9.17) is 9.84 Å². The topological polar surface area (TPSA) is 83.2 Å². The van der Waals surface area contributed by atoms with E-state index in [1.807, 2.05) is 42.5 Å². The first-order chi connectivity index (χ1) is 13.2. The summed E-state index contributed by atoms with van der Waals surface area (Å²) >= 11 is 0. The van der Waals surface area contributed by atoms with Gasteiger partial charge < -0.3 is 9.84 Å². The van der Waals surface area contributed by atoms with Crippen molar-refractivity contribution in [3.63, 3.8) is 0 Å². The third-order valence-electron chi connectivity index (χ3n) is 3.85. The van der Waals surface area contributed by atoms with Crippen LogP contribution in [0.5, 0.6) is 5.75 Å². The second kappa shape index (κ2) is 8.45. The van der Waals surface area contributed by atoms with E-state index in [0.717, 1.165) is 5.56 Å². The van der Waals surface area contributed by atoms with Crippen molar-refractivity contribution in [2.75, 3.05) is 6.61 Å². The number of nitrogens with zero attached hydrogens (tertiary/aromatic N) is 2. The third kappa shape index (κ3) is 4.59. The van der Waals surface area contributed by atoms with Crippen LogP contribution in [-0.4, -0.2) is 22.7 Å². The van der Waals surface area contributed by atoms with Gasteiger partial charge >= 0.3 is 5.97 Å². The smallest absolute Gasteiger partial charge is 0.335 e. The maximum atomic E-state index is 11.1. The van der Waals surface area contributed by atoms with Crippen LogP contribution in [0.15, 0.2) is 72.9 Å². The molecule has 3 aromatic rings. The second-order valence-corrected chi connectivity index (χ2v) is 5.68. The van der Waals surface area contributed by atoms with Crippen molar-refractivity contribution in [2.24, 2.45) is 0 Å². The molecule has 1 aromatic heterocycles. The standard InChI is InChI=1S/C22H16N2O3/c23-15-19-13-17(20-14-18(22(25)26)10-11-24-20)8-9-21(19)27-12-4-7-16-5-2-1-3-6-16/h1-11,13-14H,12H2,(H,25,26)/b7-4+. The van der Waals surface area contributed by atoms with Gasteiger partial charge in [0.05, 0.1) is 16.8 Å². The molecule has 0 amide bonds. The summed E-state index contributed by atoms with van der Waals surface area (Å²) in [7, 11) is 0. The van der Waals surface area contributed by atoms with Gasteiger partial charge in [0.25, 0.3) is 0 Å². The minimum atomic E-state index is -1.02. The van der Waals surface area contributed by atoms with Crippen LogP contribution in [0.4, 0.5) is 0 Å². The number of hydrogen-bond donors (Lipinski definition) is 1. The number of carboxylic acid groups (broad SMARTS) is 1. The molecule has 1 heterocycles. The normalized spacial score (nSPS) is 10.5. The number of carboxylic acids is 1. The SMILES string of the molecule is N#Cc1cc(-c2cc(C(=O)O)ccn2)ccc1OC/C=C/c1ccccc1. The van der Waals surface area contributed by atoms with Crippen molar-refractivity contribution in [3.8, 4) is 23.1 Å². The maximum Gasteiger partial charge on any atom is 0.335 e. The average Bonchev–Trinajstić information content (AvgIpc) is 2.72. The largest absolute Gasteiger partial charge is 0.488 e. The summed E-state index contributed by atoms with van der Waals surface area (Å²) in [5.41, 5.74) is 2.72. The third-order valence-corrected chi connectivity index (χ3v) is 3.85. The Labute approximate surface area is 156 Å². The van der Waals surface area contributed by atoms with Crippen molar-refractivity contribution in [1.29, 1.82) is 5.26 Å². The van der Waals surface area contributed by atoms with Gasteiger partial charge in [0, 0.05) is 11.8 Å². The minimum absolute atomic E-state index is 0.143. The highest BCUT2D eigenvalue weighted by Crippen LogP contribution is 2.25. The van der Waals surface area contributed by atoms with E-state index in [1.54, 1.807) is 18.2 Å². The second-order valence-electron chi connectivity index (χ2n) is 5.68. The van der Waals surface area contributed by atoms with Gasteiger partial charge in [-0.05, 0) is 42.0 Å². The van der Waals surface area contributed by atoms with E-state index >= 15 is 0 Å². The number of hydrogen-bond acceptors (Lipinski definition) is 4. The molecule has 0 aliphatic heterocycles. The minimum Gasteiger partial charge on any atom is -0.488 e. The van der Waals surface area contributed by atoms with Crippen molar-refractivity contribution in [3.05, 3.63) is 89.6 Å². The summed E-state index contributed by atoms with van der Waals surface area (Å²) < 4.78 is 5.68. The zero-order valence-electron chi connectivity index (χ0n) is 14.4. The van der Waals surface area contributed by atoms with Gasteiger partial charge in [-0.1, -0.05) is 36.4 Å². The fourth-order valence-electron chi connectivity index (χ4n) is 2.51. The van der Waals surface area contributed by atoms with Crippen LogP contribution in [0.2, 0.25) is 0 Å². The Morgan fingerprint density at radius 3 is 2.70 bits per heavy atom. The predicted molar refractivity (Wildman–Crippen MR) is 102 cm³/mol. The molecule has 0 aliphatic rings. The van der Waals surface area contributed by atoms with Crippen molar-refractivity contribution in [2.45, 2.75) is 0 Å². The molecule has 5 nitrogen and oxygen atoms in total. The molecule has 0 unspecified atom stereocenters. The molecule has 0 aliphatic carbocycles. The van der Waals surface area contributed by atoms with Crippen LogP contribution < -0.4 is 4.74 Å². The van der Waals surface area contributed by atoms with Gasteiger partial charge in [-0.15, -0.1) is 0 Å². The Bertz CT molecular complexity index is 1020. The highest BCUT2D eigenvalue weighted by atomic mass is 16.5. The number of ether oxygens (including phenoxy) is 1. The van der Waals surface area contributed by atoms with E-state index in [0.29, 0.717) is 29.2 Å².